The van der Waals surface area contributed by atoms with Crippen molar-refractivity contribution in [3.63, 3.8) is 0 Å². The maximum Gasteiger partial charge on any atom is 0.240 e. The van der Waals surface area contributed by atoms with Crippen LogP contribution in [0.15, 0.2) is 42.5 Å². The Morgan fingerprint density at radius 2 is 1.96 bits per heavy atom. The second kappa shape index (κ2) is 9.17. The summed E-state index contributed by atoms with van der Waals surface area (Å²) in [6.45, 7) is 1.65. The maximum atomic E-state index is 13.1. The van der Waals surface area contributed by atoms with Crippen LogP contribution in [-0.2, 0) is 20.9 Å². The van der Waals surface area contributed by atoms with Crippen molar-refractivity contribution in [2.24, 2.45) is 0 Å². The summed E-state index contributed by atoms with van der Waals surface area (Å²) in [6, 6.07) is 14.2. The lowest BCUT2D eigenvalue weighted by atomic mass is 10.0. The van der Waals surface area contributed by atoms with Crippen LogP contribution < -0.4 is 5.32 Å². The highest BCUT2D eigenvalue weighted by Gasteiger charge is 2.36. The molecule has 150 valence electrons. The van der Waals surface area contributed by atoms with E-state index in [1.54, 1.807) is 12.0 Å². The summed E-state index contributed by atoms with van der Waals surface area (Å²) >= 11 is 0. The van der Waals surface area contributed by atoms with Crippen LogP contribution in [0.25, 0.3) is 10.8 Å². The van der Waals surface area contributed by atoms with Gasteiger partial charge in [-0.15, -0.1) is 0 Å². The Morgan fingerprint density at radius 3 is 2.75 bits per heavy atom. The van der Waals surface area contributed by atoms with Crippen LogP contribution in [0.2, 0.25) is 0 Å². The molecule has 3 rings (SSSR count). The van der Waals surface area contributed by atoms with Crippen LogP contribution in [0.3, 0.4) is 0 Å². The molecule has 0 unspecified atom stereocenters. The lowest BCUT2D eigenvalue weighted by Crippen LogP contribution is -2.42. The van der Waals surface area contributed by atoms with Gasteiger partial charge in [0.05, 0.1) is 12.6 Å². The van der Waals surface area contributed by atoms with Gasteiger partial charge in [-0.25, -0.2) is 0 Å². The molecule has 2 aromatic carbocycles. The zero-order chi connectivity index (χ0) is 20.1. The first-order valence-corrected chi connectivity index (χ1v) is 9.69. The van der Waals surface area contributed by atoms with Crippen LogP contribution in [-0.4, -0.2) is 68.1 Å². The van der Waals surface area contributed by atoms with E-state index in [1.807, 2.05) is 37.2 Å². The number of amides is 2. The molecule has 2 aromatic rings. The Morgan fingerprint density at radius 1 is 1.21 bits per heavy atom. The van der Waals surface area contributed by atoms with E-state index in [-0.39, 0.29) is 23.9 Å². The van der Waals surface area contributed by atoms with Crippen LogP contribution in [0.4, 0.5) is 0 Å². The molecule has 6 nitrogen and oxygen atoms in total. The van der Waals surface area contributed by atoms with Gasteiger partial charge in [-0.3, -0.25) is 14.5 Å². The number of nitrogens with zero attached hydrogens (tertiary/aromatic N) is 2. The van der Waals surface area contributed by atoms with Crippen LogP contribution in [0, 0.1) is 0 Å². The molecule has 1 aliphatic heterocycles. The summed E-state index contributed by atoms with van der Waals surface area (Å²) in [5.74, 6) is 0.0570. The quantitative estimate of drug-likeness (QED) is 0.795. The standard InChI is InChI=1S/C22H29N3O3/c1-24-15-18(23-21(26)11-12-28-3)13-20(24)22(27)25(2)14-17-9-6-8-16-7-4-5-10-19(16)17/h4-10,18,20H,11-15H2,1-3H3,(H,23,26)/t18-,20-/m0/s1. The zero-order valence-electron chi connectivity index (χ0n) is 16.9. The molecular weight excluding hydrogens is 354 g/mol. The van der Waals surface area contributed by atoms with Crippen molar-refractivity contribution in [2.45, 2.75) is 31.5 Å². The number of rotatable bonds is 7. The fourth-order valence-electron chi connectivity index (χ4n) is 3.91. The number of carbonyl (C=O) groups excluding carboxylic acids is 2. The van der Waals surface area contributed by atoms with Gasteiger partial charge in [-0.2, -0.15) is 0 Å². The second-order valence-electron chi connectivity index (χ2n) is 7.53. The molecule has 1 heterocycles. The van der Waals surface area contributed by atoms with E-state index in [1.165, 1.54) is 10.8 Å². The third-order valence-electron chi connectivity index (χ3n) is 5.40. The van der Waals surface area contributed by atoms with E-state index in [0.29, 0.717) is 32.5 Å². The monoisotopic (exact) mass is 383 g/mol. The molecule has 0 aliphatic carbocycles. The van der Waals surface area contributed by atoms with Gasteiger partial charge in [0.15, 0.2) is 0 Å². The summed E-state index contributed by atoms with van der Waals surface area (Å²) in [5.41, 5.74) is 1.14. The summed E-state index contributed by atoms with van der Waals surface area (Å²) in [4.78, 5) is 28.8. The number of methoxy groups -OCH3 is 1. The number of ether oxygens (including phenoxy) is 1. The molecule has 2 atom stereocenters. The van der Waals surface area contributed by atoms with Crippen molar-refractivity contribution >= 4 is 22.6 Å². The SMILES string of the molecule is COCCC(=O)N[C@H]1C[C@@H](C(=O)N(C)Cc2cccc3ccccc23)N(C)C1. The molecule has 6 heteroatoms. The largest absolute Gasteiger partial charge is 0.384 e. The highest BCUT2D eigenvalue weighted by Crippen LogP contribution is 2.22. The Hall–Kier alpha value is -2.44. The van der Waals surface area contributed by atoms with Gasteiger partial charge >= 0.3 is 0 Å². The summed E-state index contributed by atoms with van der Waals surface area (Å²) in [5, 5.41) is 5.36. The molecule has 1 aliphatic rings. The minimum Gasteiger partial charge on any atom is -0.384 e. The molecule has 0 spiro atoms. The number of likely N-dealkylation sites (N-methyl/N-ethyl adjacent to an activating group) is 2. The zero-order valence-corrected chi connectivity index (χ0v) is 16.9. The van der Waals surface area contributed by atoms with E-state index < -0.39 is 0 Å². The van der Waals surface area contributed by atoms with Gasteiger partial charge < -0.3 is 15.0 Å². The molecule has 28 heavy (non-hydrogen) atoms. The van der Waals surface area contributed by atoms with E-state index in [9.17, 15) is 9.59 Å². The first-order chi connectivity index (χ1) is 13.5. The minimum atomic E-state index is -0.215. The molecule has 0 bridgehead atoms. The molecule has 0 aromatic heterocycles. The fourth-order valence-corrected chi connectivity index (χ4v) is 3.91. The topological polar surface area (TPSA) is 61.9 Å². The highest BCUT2D eigenvalue weighted by atomic mass is 16.5. The van der Waals surface area contributed by atoms with E-state index >= 15 is 0 Å². The third kappa shape index (κ3) is 4.69. The van der Waals surface area contributed by atoms with Crippen LogP contribution in [0.1, 0.15) is 18.4 Å². The van der Waals surface area contributed by atoms with Crippen molar-refractivity contribution in [2.75, 3.05) is 34.4 Å². The van der Waals surface area contributed by atoms with Gasteiger partial charge in [-0.05, 0) is 29.8 Å². The highest BCUT2D eigenvalue weighted by molar-refractivity contribution is 5.87. The summed E-state index contributed by atoms with van der Waals surface area (Å²) < 4.78 is 4.94. The van der Waals surface area contributed by atoms with Crippen molar-refractivity contribution in [3.8, 4) is 0 Å². The Bertz CT molecular complexity index is 833. The Kier molecular flexibility index (Phi) is 6.65. The van der Waals surface area contributed by atoms with Crippen molar-refractivity contribution < 1.29 is 14.3 Å². The number of hydrogen-bond donors (Lipinski definition) is 1. The number of benzene rings is 2. The number of hydrogen-bond acceptors (Lipinski definition) is 4. The van der Waals surface area contributed by atoms with Crippen molar-refractivity contribution in [1.29, 1.82) is 0 Å². The average Bonchev–Trinajstić information content (AvgIpc) is 3.05. The van der Waals surface area contributed by atoms with Crippen LogP contribution in [0.5, 0.6) is 0 Å². The molecule has 1 saturated heterocycles. The van der Waals surface area contributed by atoms with Gasteiger partial charge in [0.1, 0.15) is 0 Å². The third-order valence-corrected chi connectivity index (χ3v) is 5.40. The predicted octanol–water partition coefficient (Wildman–Crippen LogP) is 2.02. The van der Waals surface area contributed by atoms with E-state index in [4.69, 9.17) is 4.74 Å². The van der Waals surface area contributed by atoms with E-state index in [0.717, 1.165) is 5.56 Å². The fraction of sp³-hybridized carbons (Fsp3) is 0.455. The molecule has 1 fully saturated rings. The van der Waals surface area contributed by atoms with Gasteiger partial charge in [0, 0.05) is 39.7 Å². The summed E-state index contributed by atoms with van der Waals surface area (Å²) in [6.07, 6.45) is 0.976. The predicted molar refractivity (Wildman–Crippen MR) is 110 cm³/mol. The first-order valence-electron chi connectivity index (χ1n) is 9.69. The molecule has 0 radical (unpaired) electrons. The first kappa shape index (κ1) is 20.3. The van der Waals surface area contributed by atoms with Crippen LogP contribution >= 0.6 is 0 Å². The van der Waals surface area contributed by atoms with Gasteiger partial charge in [0.2, 0.25) is 11.8 Å². The summed E-state index contributed by atoms with van der Waals surface area (Å²) in [7, 11) is 5.37. The number of fused-ring (bicyclic) bond motifs is 1. The molecule has 0 saturated carbocycles. The molecular formula is C22H29N3O3. The lowest BCUT2D eigenvalue weighted by Gasteiger charge is -2.25. The van der Waals surface area contributed by atoms with Gasteiger partial charge in [0.25, 0.3) is 0 Å². The number of carbonyl (C=O) groups is 2. The second-order valence-corrected chi connectivity index (χ2v) is 7.53. The number of nitrogens with one attached hydrogen (secondary N) is 1. The normalized spacial score (nSPS) is 19.7. The van der Waals surface area contributed by atoms with Gasteiger partial charge in [-0.1, -0.05) is 42.5 Å². The smallest absolute Gasteiger partial charge is 0.240 e. The van der Waals surface area contributed by atoms with E-state index in [2.05, 4.69) is 29.6 Å². The van der Waals surface area contributed by atoms with Crippen molar-refractivity contribution in [3.05, 3.63) is 48.0 Å². The molecule has 2 amide bonds. The minimum absolute atomic E-state index is 0.00531. The Balaban J connectivity index is 1.62. The number of likely N-dealkylation sites (tertiary alicyclic amines) is 1. The lowest BCUT2D eigenvalue weighted by molar-refractivity contribution is -0.134. The van der Waals surface area contributed by atoms with Crippen molar-refractivity contribution in [1.82, 2.24) is 15.1 Å². The molecule has 1 N–H and O–H groups in total. The average molecular weight is 383 g/mol. The Labute approximate surface area is 166 Å². The maximum absolute atomic E-state index is 13.1.